The Bertz CT molecular complexity index is 491. The summed E-state index contributed by atoms with van der Waals surface area (Å²) in [5.74, 6) is -1.08. The van der Waals surface area contributed by atoms with E-state index >= 15 is 0 Å². The predicted octanol–water partition coefficient (Wildman–Crippen LogP) is 2.31. The van der Waals surface area contributed by atoms with Crippen molar-refractivity contribution in [1.29, 1.82) is 0 Å². The minimum absolute atomic E-state index is 0.544. The largest absolute Gasteiger partial charge is 0.504 e. The van der Waals surface area contributed by atoms with E-state index in [-0.39, 0.29) is 0 Å². The highest BCUT2D eigenvalue weighted by atomic mass is 35.7. The lowest BCUT2D eigenvalue weighted by Gasteiger charge is -2.07. The molecule has 84 valence electrons. The summed E-state index contributed by atoms with van der Waals surface area (Å²) in [6.07, 6.45) is -2.59. The molecule has 4 nitrogen and oxygen atoms in total. The summed E-state index contributed by atoms with van der Waals surface area (Å²) in [6.45, 7) is 0. The van der Waals surface area contributed by atoms with Crippen LogP contribution < -0.4 is 0 Å². The molecule has 0 spiro atoms. The highest BCUT2D eigenvalue weighted by molar-refractivity contribution is 8.13. The van der Waals surface area contributed by atoms with E-state index in [0.29, 0.717) is 6.20 Å². The molecule has 0 aliphatic rings. The molecule has 0 fully saturated rings. The monoisotopic (exact) mass is 277 g/mol. The van der Waals surface area contributed by atoms with Crippen LogP contribution in [0.5, 0.6) is 5.75 Å². The van der Waals surface area contributed by atoms with Crippen LogP contribution in [-0.4, -0.2) is 18.5 Å². The number of hydrogen-bond donors (Lipinski definition) is 1. The first kappa shape index (κ1) is 12.4. The van der Waals surface area contributed by atoms with Gasteiger partial charge in [-0.25, -0.2) is 22.2 Å². The fourth-order valence-electron chi connectivity index (χ4n) is 0.888. The third-order valence-electron chi connectivity index (χ3n) is 1.47. The first-order chi connectivity index (χ1) is 6.75. The Labute approximate surface area is 92.9 Å². The van der Waals surface area contributed by atoms with E-state index in [4.69, 9.17) is 22.3 Å². The Morgan fingerprint density at radius 1 is 1.47 bits per heavy atom. The van der Waals surface area contributed by atoms with Crippen molar-refractivity contribution in [1.82, 2.24) is 4.98 Å². The van der Waals surface area contributed by atoms with Crippen molar-refractivity contribution in [3.05, 3.63) is 16.9 Å². The summed E-state index contributed by atoms with van der Waals surface area (Å²) >= 11 is 5.27. The number of hydrogen-bond acceptors (Lipinski definition) is 4. The molecule has 1 aromatic heterocycles. The molecular formula is C6H3Cl2F2NO3S. The molecule has 0 radical (unpaired) electrons. The predicted molar refractivity (Wildman–Crippen MR) is 48.9 cm³/mol. The number of aromatic hydroxyl groups is 1. The van der Waals surface area contributed by atoms with Crippen LogP contribution in [0.4, 0.5) is 8.78 Å². The second-order valence-corrected chi connectivity index (χ2v) is 5.28. The van der Waals surface area contributed by atoms with Crippen molar-refractivity contribution in [2.45, 2.75) is 11.3 Å². The number of rotatable bonds is 2. The first-order valence-corrected chi connectivity index (χ1v) is 6.04. The third-order valence-corrected chi connectivity index (χ3v) is 3.12. The topological polar surface area (TPSA) is 67.3 Å². The van der Waals surface area contributed by atoms with Crippen molar-refractivity contribution < 1.29 is 22.3 Å². The van der Waals surface area contributed by atoms with Gasteiger partial charge in [-0.3, -0.25) is 0 Å². The van der Waals surface area contributed by atoms with Gasteiger partial charge in [0.25, 0.3) is 15.5 Å². The van der Waals surface area contributed by atoms with E-state index in [9.17, 15) is 22.3 Å². The van der Waals surface area contributed by atoms with Crippen molar-refractivity contribution >= 4 is 31.3 Å². The molecule has 0 saturated carbocycles. The third kappa shape index (κ3) is 2.47. The summed E-state index contributed by atoms with van der Waals surface area (Å²) in [4.78, 5) is 2.07. The highest BCUT2D eigenvalue weighted by Crippen LogP contribution is 2.37. The van der Waals surface area contributed by atoms with Crippen LogP contribution in [0.2, 0.25) is 5.15 Å². The average Bonchev–Trinajstić information content (AvgIpc) is 2.06. The van der Waals surface area contributed by atoms with Gasteiger partial charge < -0.3 is 5.11 Å². The SMILES string of the molecule is O=S(=O)(Cl)c1c(C(F)F)cnc(Cl)c1O. The molecule has 0 bridgehead atoms. The van der Waals surface area contributed by atoms with E-state index in [0.717, 1.165) is 0 Å². The molecular weight excluding hydrogens is 275 g/mol. The molecule has 1 rings (SSSR count). The maximum Gasteiger partial charge on any atom is 0.266 e. The normalized spacial score (nSPS) is 12.1. The summed E-state index contributed by atoms with van der Waals surface area (Å²) in [6, 6.07) is 0. The lowest BCUT2D eigenvalue weighted by Crippen LogP contribution is -2.01. The minimum atomic E-state index is -4.51. The van der Waals surface area contributed by atoms with Gasteiger partial charge in [0, 0.05) is 16.9 Å². The van der Waals surface area contributed by atoms with Gasteiger partial charge in [-0.15, -0.1) is 0 Å². The van der Waals surface area contributed by atoms with E-state index in [1.54, 1.807) is 0 Å². The Balaban J connectivity index is 3.65. The number of pyridine rings is 1. The molecule has 0 saturated heterocycles. The molecule has 0 aromatic carbocycles. The summed E-state index contributed by atoms with van der Waals surface area (Å²) in [7, 11) is 0.364. The number of alkyl halides is 2. The van der Waals surface area contributed by atoms with Gasteiger partial charge in [0.2, 0.25) is 0 Å². The minimum Gasteiger partial charge on any atom is -0.504 e. The molecule has 1 aromatic rings. The second-order valence-electron chi connectivity index (χ2n) is 2.42. The number of aromatic nitrogens is 1. The molecule has 9 heteroatoms. The van der Waals surface area contributed by atoms with Crippen LogP contribution in [0.25, 0.3) is 0 Å². The molecule has 15 heavy (non-hydrogen) atoms. The molecule has 0 unspecified atom stereocenters. The van der Waals surface area contributed by atoms with Gasteiger partial charge in [-0.2, -0.15) is 0 Å². The number of halogens is 4. The summed E-state index contributed by atoms with van der Waals surface area (Å²) in [5, 5.41) is 8.56. The van der Waals surface area contributed by atoms with Crippen LogP contribution >= 0.6 is 22.3 Å². The lowest BCUT2D eigenvalue weighted by molar-refractivity contribution is 0.146. The summed E-state index contributed by atoms with van der Waals surface area (Å²) in [5.41, 5.74) is -0.994. The van der Waals surface area contributed by atoms with E-state index in [1.165, 1.54) is 0 Å². The van der Waals surface area contributed by atoms with Gasteiger partial charge in [0.1, 0.15) is 4.90 Å². The standard InChI is InChI=1S/C6H3Cl2F2NO3S/c7-5-3(12)4(15(8,13)14)2(1-11-5)6(9)10/h1,6,12H. The molecule has 0 atom stereocenters. The average molecular weight is 278 g/mol. The molecule has 0 aliphatic carbocycles. The maximum absolute atomic E-state index is 12.4. The molecule has 1 N–H and O–H groups in total. The molecule has 0 aliphatic heterocycles. The van der Waals surface area contributed by atoms with Crippen LogP contribution in [0, 0.1) is 0 Å². The fourth-order valence-corrected chi connectivity index (χ4v) is 2.32. The van der Waals surface area contributed by atoms with E-state index in [2.05, 4.69) is 4.98 Å². The smallest absolute Gasteiger partial charge is 0.266 e. The van der Waals surface area contributed by atoms with E-state index in [1.807, 2.05) is 0 Å². The first-order valence-electron chi connectivity index (χ1n) is 3.35. The van der Waals surface area contributed by atoms with Crippen LogP contribution in [0.1, 0.15) is 12.0 Å². The Hall–Kier alpha value is -0.660. The van der Waals surface area contributed by atoms with Crippen molar-refractivity contribution in [3.63, 3.8) is 0 Å². The second kappa shape index (κ2) is 4.07. The summed E-state index contributed by atoms with van der Waals surface area (Å²) < 4.78 is 46.5. The van der Waals surface area contributed by atoms with Gasteiger partial charge in [-0.1, -0.05) is 11.6 Å². The van der Waals surface area contributed by atoms with Crippen molar-refractivity contribution in [2.24, 2.45) is 0 Å². The van der Waals surface area contributed by atoms with Crippen LogP contribution in [0.15, 0.2) is 11.1 Å². The number of nitrogens with zero attached hydrogens (tertiary/aromatic N) is 1. The highest BCUT2D eigenvalue weighted by Gasteiger charge is 2.28. The molecule has 1 heterocycles. The Kier molecular flexibility index (Phi) is 3.37. The van der Waals surface area contributed by atoms with Gasteiger partial charge in [0.15, 0.2) is 10.9 Å². The van der Waals surface area contributed by atoms with Crippen LogP contribution in [0.3, 0.4) is 0 Å². The molecule has 0 amide bonds. The maximum atomic E-state index is 12.4. The van der Waals surface area contributed by atoms with Crippen molar-refractivity contribution in [2.75, 3.05) is 0 Å². The quantitative estimate of drug-likeness (QED) is 0.665. The zero-order valence-electron chi connectivity index (χ0n) is 6.79. The fraction of sp³-hybridized carbons (Fsp3) is 0.167. The van der Waals surface area contributed by atoms with Gasteiger partial charge in [-0.05, 0) is 0 Å². The van der Waals surface area contributed by atoms with Gasteiger partial charge >= 0.3 is 0 Å². The lowest BCUT2D eigenvalue weighted by atomic mass is 10.3. The zero-order valence-corrected chi connectivity index (χ0v) is 9.11. The Morgan fingerprint density at radius 3 is 2.40 bits per heavy atom. The zero-order chi connectivity index (χ0) is 11.8. The Morgan fingerprint density at radius 2 is 2.00 bits per heavy atom. The van der Waals surface area contributed by atoms with Gasteiger partial charge in [0.05, 0.1) is 5.56 Å². The van der Waals surface area contributed by atoms with E-state index < -0.39 is 36.8 Å². The van der Waals surface area contributed by atoms with Crippen LogP contribution in [-0.2, 0) is 9.05 Å². The van der Waals surface area contributed by atoms with Crippen molar-refractivity contribution in [3.8, 4) is 5.75 Å².